The average molecular weight is 269 g/mol. The second-order valence-electron chi connectivity index (χ2n) is 4.76. The summed E-state index contributed by atoms with van der Waals surface area (Å²) in [5.41, 5.74) is 2.61. The van der Waals surface area contributed by atoms with Crippen LogP contribution in [0.1, 0.15) is 0 Å². The minimum Gasteiger partial charge on any atom is -0.334 e. The summed E-state index contributed by atoms with van der Waals surface area (Å²) < 4.78 is 27.1. The summed E-state index contributed by atoms with van der Waals surface area (Å²) in [5.74, 6) is 0. The minimum atomic E-state index is -3.39. The number of nitrogens with zero attached hydrogens (tertiary/aromatic N) is 1. The first kappa shape index (κ1) is 10.8. The number of fused-ring (bicyclic) bond motifs is 5. The van der Waals surface area contributed by atoms with Crippen molar-refractivity contribution < 1.29 is 8.42 Å². The predicted molar refractivity (Wildman–Crippen MR) is 73.8 cm³/mol. The fourth-order valence-electron chi connectivity index (χ4n) is 2.96. The molecule has 0 unspecified atom stereocenters. The van der Waals surface area contributed by atoms with E-state index in [9.17, 15) is 8.42 Å². The lowest BCUT2D eigenvalue weighted by molar-refractivity contribution is 0.590. The summed E-state index contributed by atoms with van der Waals surface area (Å²) in [5, 5.41) is 1.41. The largest absolute Gasteiger partial charge is 0.334 e. The van der Waals surface area contributed by atoms with Gasteiger partial charge in [-0.3, -0.25) is 0 Å². The number of benzene rings is 2. The molecule has 19 heavy (non-hydrogen) atoms. The van der Waals surface area contributed by atoms with Gasteiger partial charge in [-0.25, -0.2) is 8.42 Å². The Labute approximate surface area is 111 Å². The van der Waals surface area contributed by atoms with Gasteiger partial charge in [0, 0.05) is 29.1 Å². The average Bonchev–Trinajstić information content (AvgIpc) is 2.85. The zero-order valence-electron chi connectivity index (χ0n) is 10.3. The van der Waals surface area contributed by atoms with Gasteiger partial charge in [-0.1, -0.05) is 36.4 Å². The number of para-hydroxylation sites is 1. The maximum Gasteiger partial charge on any atom is 0.223 e. The Bertz CT molecular complexity index is 936. The van der Waals surface area contributed by atoms with Crippen LogP contribution in [-0.2, 0) is 16.9 Å². The van der Waals surface area contributed by atoms with Crippen LogP contribution in [0.25, 0.3) is 22.0 Å². The summed E-state index contributed by atoms with van der Waals surface area (Å²) in [6, 6.07) is 15.0. The fraction of sp³-hybridized carbons (Fsp3) is 0.0667. The summed E-state index contributed by atoms with van der Waals surface area (Å²) >= 11 is 0. The number of aromatic nitrogens is 1. The van der Waals surface area contributed by atoms with Crippen LogP contribution in [0.3, 0.4) is 0 Å². The first-order chi connectivity index (χ1) is 9.12. The van der Waals surface area contributed by atoms with Gasteiger partial charge in [0.1, 0.15) is 5.03 Å². The van der Waals surface area contributed by atoms with Crippen molar-refractivity contribution in [3.63, 3.8) is 0 Å². The van der Waals surface area contributed by atoms with Crippen molar-refractivity contribution in [3.8, 4) is 11.1 Å². The molecule has 1 aromatic heterocycles. The number of aryl methyl sites for hydroxylation is 1. The quantitative estimate of drug-likeness (QED) is 0.492. The summed E-state index contributed by atoms with van der Waals surface area (Å²) in [6.45, 7) is 0. The van der Waals surface area contributed by atoms with Crippen molar-refractivity contribution in [2.45, 2.75) is 9.92 Å². The maximum absolute atomic E-state index is 12.6. The van der Waals surface area contributed by atoms with Crippen LogP contribution < -0.4 is 0 Å². The third-order valence-corrected chi connectivity index (χ3v) is 5.68. The minimum absolute atomic E-state index is 0.412. The van der Waals surface area contributed by atoms with E-state index in [1.54, 1.807) is 16.7 Å². The molecule has 0 aliphatic carbocycles. The number of hydrogen-bond donors (Lipinski definition) is 0. The van der Waals surface area contributed by atoms with E-state index in [2.05, 4.69) is 0 Å². The van der Waals surface area contributed by atoms with Crippen molar-refractivity contribution in [1.82, 2.24) is 4.57 Å². The Morgan fingerprint density at radius 2 is 1.63 bits per heavy atom. The van der Waals surface area contributed by atoms with Crippen molar-refractivity contribution in [2.24, 2.45) is 7.05 Å². The van der Waals surface area contributed by atoms with Gasteiger partial charge >= 0.3 is 0 Å². The molecular formula is C15H11NO2S. The van der Waals surface area contributed by atoms with E-state index >= 15 is 0 Å². The van der Waals surface area contributed by atoms with Gasteiger partial charge in [-0.05, 0) is 12.1 Å². The highest BCUT2D eigenvalue weighted by molar-refractivity contribution is 7.92. The SMILES string of the molecule is Cn1c2c(c3ccccc31)-c1ccccc1S2(=O)=O. The molecule has 0 fully saturated rings. The molecule has 0 saturated carbocycles. The molecule has 94 valence electrons. The molecule has 4 heteroatoms. The van der Waals surface area contributed by atoms with Gasteiger partial charge in [0.25, 0.3) is 0 Å². The van der Waals surface area contributed by atoms with Gasteiger partial charge in [0.05, 0.1) is 4.90 Å². The van der Waals surface area contributed by atoms with Crippen molar-refractivity contribution in [2.75, 3.05) is 0 Å². The topological polar surface area (TPSA) is 39.1 Å². The van der Waals surface area contributed by atoms with E-state index in [1.807, 2.05) is 43.4 Å². The molecule has 0 spiro atoms. The van der Waals surface area contributed by atoms with E-state index in [0.717, 1.165) is 22.0 Å². The van der Waals surface area contributed by atoms with Gasteiger partial charge in [-0.15, -0.1) is 0 Å². The highest BCUT2D eigenvalue weighted by Gasteiger charge is 2.37. The first-order valence-corrected chi connectivity index (χ1v) is 7.52. The number of hydrogen-bond acceptors (Lipinski definition) is 2. The van der Waals surface area contributed by atoms with Crippen LogP contribution in [-0.4, -0.2) is 13.0 Å². The fourth-order valence-corrected chi connectivity index (χ4v) is 4.83. The third kappa shape index (κ3) is 1.15. The van der Waals surface area contributed by atoms with E-state index in [0.29, 0.717) is 9.92 Å². The molecule has 1 aliphatic rings. The van der Waals surface area contributed by atoms with Crippen molar-refractivity contribution in [1.29, 1.82) is 0 Å². The lowest BCUT2D eigenvalue weighted by Crippen LogP contribution is -2.03. The van der Waals surface area contributed by atoms with Gasteiger partial charge in [0.15, 0.2) is 0 Å². The molecule has 0 bridgehead atoms. The highest BCUT2D eigenvalue weighted by Crippen LogP contribution is 2.47. The maximum atomic E-state index is 12.6. The van der Waals surface area contributed by atoms with E-state index < -0.39 is 9.84 Å². The molecule has 0 amide bonds. The lowest BCUT2D eigenvalue weighted by atomic mass is 10.1. The molecule has 0 N–H and O–H groups in total. The molecule has 0 saturated heterocycles. The zero-order valence-corrected chi connectivity index (χ0v) is 11.1. The second kappa shape index (κ2) is 3.27. The van der Waals surface area contributed by atoms with Crippen LogP contribution in [0.5, 0.6) is 0 Å². The first-order valence-electron chi connectivity index (χ1n) is 6.04. The normalized spacial score (nSPS) is 15.4. The second-order valence-corrected chi connectivity index (χ2v) is 6.59. The Kier molecular flexibility index (Phi) is 1.86. The van der Waals surface area contributed by atoms with Crippen molar-refractivity contribution in [3.05, 3.63) is 48.5 Å². The third-order valence-electron chi connectivity index (χ3n) is 3.75. The Morgan fingerprint density at radius 3 is 2.47 bits per heavy atom. The Morgan fingerprint density at radius 1 is 0.947 bits per heavy atom. The molecule has 2 aromatic carbocycles. The summed E-state index contributed by atoms with van der Waals surface area (Å²) in [6.07, 6.45) is 0. The van der Waals surface area contributed by atoms with Crippen LogP contribution >= 0.6 is 0 Å². The van der Waals surface area contributed by atoms with E-state index in [-0.39, 0.29) is 0 Å². The van der Waals surface area contributed by atoms with Gasteiger partial charge < -0.3 is 4.57 Å². The monoisotopic (exact) mass is 269 g/mol. The van der Waals surface area contributed by atoms with Crippen molar-refractivity contribution >= 4 is 20.7 Å². The van der Waals surface area contributed by atoms with Crippen LogP contribution in [0, 0.1) is 0 Å². The molecule has 4 rings (SSSR count). The lowest BCUT2D eigenvalue weighted by Gasteiger charge is -2.03. The molecule has 3 nitrogen and oxygen atoms in total. The predicted octanol–water partition coefficient (Wildman–Crippen LogP) is 2.99. The number of rotatable bonds is 0. The zero-order chi connectivity index (χ0) is 13.2. The van der Waals surface area contributed by atoms with E-state index in [1.165, 1.54) is 0 Å². The standard InChI is InChI=1S/C15H11NO2S/c1-16-12-8-4-2-6-10(12)14-11-7-3-5-9-13(11)19(17,18)15(14)16/h2-9H,1H3. The summed E-state index contributed by atoms with van der Waals surface area (Å²) in [7, 11) is -1.58. The molecule has 0 atom stereocenters. The van der Waals surface area contributed by atoms with Gasteiger partial charge in [0.2, 0.25) is 9.84 Å². The molecule has 0 radical (unpaired) electrons. The Hall–Kier alpha value is -2.07. The van der Waals surface area contributed by atoms with E-state index in [4.69, 9.17) is 0 Å². The van der Waals surface area contributed by atoms with Crippen LogP contribution in [0.15, 0.2) is 58.5 Å². The number of sulfone groups is 1. The smallest absolute Gasteiger partial charge is 0.223 e. The van der Waals surface area contributed by atoms with Crippen LogP contribution in [0.2, 0.25) is 0 Å². The summed E-state index contributed by atoms with van der Waals surface area (Å²) in [4.78, 5) is 0.418. The van der Waals surface area contributed by atoms with Gasteiger partial charge in [-0.2, -0.15) is 0 Å². The molecule has 3 aromatic rings. The molecule has 1 aliphatic heterocycles. The Balaban J connectivity index is 2.33. The van der Waals surface area contributed by atoms with Crippen LogP contribution in [0.4, 0.5) is 0 Å². The highest BCUT2D eigenvalue weighted by atomic mass is 32.2. The molecule has 2 heterocycles. The molecular weight excluding hydrogens is 258 g/mol.